The van der Waals surface area contributed by atoms with E-state index in [2.05, 4.69) is 31.3 Å². The molecule has 3 atom stereocenters. The normalized spacial score (nSPS) is 24.1. The highest BCUT2D eigenvalue weighted by molar-refractivity contribution is 6.22. The molecule has 5 rings (SSSR count). The van der Waals surface area contributed by atoms with E-state index in [-0.39, 0.29) is 41.6 Å². The zero-order valence-corrected chi connectivity index (χ0v) is 23.2. The van der Waals surface area contributed by atoms with Gasteiger partial charge in [-0.15, -0.1) is 0 Å². The van der Waals surface area contributed by atoms with E-state index < -0.39 is 52.0 Å². The number of aromatic hydroxyl groups is 1. The van der Waals surface area contributed by atoms with E-state index in [0.29, 0.717) is 30.0 Å². The van der Waals surface area contributed by atoms with Crippen LogP contribution in [0.25, 0.3) is 5.76 Å². The highest BCUT2D eigenvalue weighted by Crippen LogP contribution is 2.53. The van der Waals surface area contributed by atoms with Gasteiger partial charge in [0.15, 0.2) is 11.4 Å². The van der Waals surface area contributed by atoms with Gasteiger partial charge in [0.05, 0.1) is 12.7 Å². The molecule has 0 heterocycles. The lowest BCUT2D eigenvalue weighted by Gasteiger charge is -2.46. The number of methoxy groups -OCH3 is 1. The number of hydrogen-bond acceptors (Lipinski definition) is 9. The second kappa shape index (κ2) is 10.0. The van der Waals surface area contributed by atoms with Crippen molar-refractivity contribution in [1.82, 2.24) is 5.32 Å². The molecule has 2 aromatic carbocycles. The van der Waals surface area contributed by atoms with Crippen LogP contribution in [0.2, 0.25) is 0 Å². The van der Waals surface area contributed by atoms with Crippen molar-refractivity contribution in [2.75, 3.05) is 13.7 Å². The van der Waals surface area contributed by atoms with E-state index in [9.17, 15) is 34.8 Å². The molecule has 0 radical (unpaired) electrons. The number of ketones is 2. The SMILES string of the molecule is COc1c(CNCC(C)(C)c2ccccc2)cc(O)c2c1CC1C[C@H]3CC(=O)C(C(N)=O)=C(O)[C@@]3(O)C(=O)C1=C2O. The molecule has 0 aromatic heterocycles. The maximum Gasteiger partial charge on any atom is 0.255 e. The number of benzene rings is 2. The molecular weight excluding hydrogens is 528 g/mol. The molecule has 0 saturated heterocycles. The summed E-state index contributed by atoms with van der Waals surface area (Å²) in [6.45, 7) is 5.23. The summed E-state index contributed by atoms with van der Waals surface area (Å²) in [5.41, 5.74) is 3.79. The fraction of sp³-hybridized carbons (Fsp3) is 0.387. The van der Waals surface area contributed by atoms with Gasteiger partial charge in [0.25, 0.3) is 5.91 Å². The standard InChI is InChI=1S/C31H34N2O8/c1-30(2,17-7-5-4-6-8-17)14-33-13-16-11-20(34)23-19(26(16)41-3)10-15-9-18-12-21(35)24(29(32)39)28(38)31(18,40)27(37)22(15)25(23)36/h4-8,11,15,18,33-34,36,38,40H,9-10,12-14H2,1-3H3,(H2,32,39)/t15?,18-,31-/m0/s1. The molecule has 3 aliphatic carbocycles. The van der Waals surface area contributed by atoms with Crippen LogP contribution in [0.3, 0.4) is 0 Å². The summed E-state index contributed by atoms with van der Waals surface area (Å²) >= 11 is 0. The van der Waals surface area contributed by atoms with Gasteiger partial charge in [0, 0.05) is 47.5 Å². The zero-order chi connectivity index (χ0) is 29.9. The number of carbonyl (C=O) groups excluding carboxylic acids is 3. The molecule has 7 N–H and O–H groups in total. The molecule has 3 aliphatic rings. The lowest BCUT2D eigenvalue weighted by atomic mass is 9.59. The Labute approximate surface area is 237 Å². The first kappa shape index (κ1) is 28.4. The molecule has 1 unspecified atom stereocenters. The number of phenolic OH excluding ortho intramolecular Hbond substituents is 1. The largest absolute Gasteiger partial charge is 0.508 e. The van der Waals surface area contributed by atoms with Gasteiger partial charge < -0.3 is 36.2 Å². The fourth-order valence-corrected chi connectivity index (χ4v) is 6.62. The molecule has 216 valence electrons. The van der Waals surface area contributed by atoms with Crippen molar-refractivity contribution in [2.24, 2.45) is 17.6 Å². The first-order valence-electron chi connectivity index (χ1n) is 13.5. The van der Waals surface area contributed by atoms with E-state index in [1.54, 1.807) is 0 Å². The number of rotatable bonds is 7. The number of fused-ring (bicyclic) bond motifs is 3. The van der Waals surface area contributed by atoms with Crippen molar-refractivity contribution in [3.8, 4) is 11.5 Å². The first-order valence-corrected chi connectivity index (χ1v) is 13.5. The average Bonchev–Trinajstić information content (AvgIpc) is 2.91. The third kappa shape index (κ3) is 4.38. The van der Waals surface area contributed by atoms with Crippen molar-refractivity contribution in [3.05, 3.63) is 75.6 Å². The maximum atomic E-state index is 13.7. The van der Waals surface area contributed by atoms with E-state index in [0.717, 1.165) is 0 Å². The summed E-state index contributed by atoms with van der Waals surface area (Å²) in [5, 5.41) is 47.8. The van der Waals surface area contributed by atoms with Crippen LogP contribution >= 0.6 is 0 Å². The Morgan fingerprint density at radius 1 is 1.15 bits per heavy atom. The molecule has 0 aliphatic heterocycles. The zero-order valence-electron chi connectivity index (χ0n) is 23.2. The summed E-state index contributed by atoms with van der Waals surface area (Å²) in [5.74, 6) is -6.17. The van der Waals surface area contributed by atoms with E-state index >= 15 is 0 Å². The summed E-state index contributed by atoms with van der Waals surface area (Å²) in [6.07, 6.45) is -0.138. The third-order valence-electron chi connectivity index (χ3n) is 8.73. The third-order valence-corrected chi connectivity index (χ3v) is 8.73. The number of amides is 1. The number of ether oxygens (including phenoxy) is 1. The second-order valence-corrected chi connectivity index (χ2v) is 11.7. The molecule has 1 amide bonds. The average molecular weight is 563 g/mol. The molecule has 0 spiro atoms. The Bertz CT molecular complexity index is 1520. The molecule has 2 aromatic rings. The Morgan fingerprint density at radius 2 is 1.83 bits per heavy atom. The topological polar surface area (TPSA) is 179 Å². The lowest BCUT2D eigenvalue weighted by Crippen LogP contribution is -2.58. The number of phenols is 1. The minimum Gasteiger partial charge on any atom is -0.508 e. The Balaban J connectivity index is 1.50. The Kier molecular flexibility index (Phi) is 6.95. The van der Waals surface area contributed by atoms with Crippen molar-refractivity contribution >= 4 is 23.2 Å². The van der Waals surface area contributed by atoms with Gasteiger partial charge in [-0.05, 0) is 30.4 Å². The van der Waals surface area contributed by atoms with Crippen molar-refractivity contribution in [2.45, 2.75) is 50.7 Å². The number of aliphatic hydroxyl groups is 3. The van der Waals surface area contributed by atoms with Gasteiger partial charge in [-0.1, -0.05) is 44.2 Å². The predicted octanol–water partition coefficient (Wildman–Crippen LogP) is 2.50. The minimum absolute atomic E-state index is 0.00217. The van der Waals surface area contributed by atoms with Gasteiger partial charge in [0.2, 0.25) is 5.78 Å². The van der Waals surface area contributed by atoms with Crippen LogP contribution in [0, 0.1) is 11.8 Å². The van der Waals surface area contributed by atoms with Crippen LogP contribution < -0.4 is 15.8 Å². The van der Waals surface area contributed by atoms with E-state index in [1.165, 1.54) is 18.7 Å². The molecule has 1 fully saturated rings. The monoisotopic (exact) mass is 562 g/mol. The number of Topliss-reactive ketones (excluding diaryl/α,β-unsaturated/α-hetero) is 2. The molecule has 10 heteroatoms. The van der Waals surface area contributed by atoms with Crippen LogP contribution in [0.5, 0.6) is 11.5 Å². The fourth-order valence-electron chi connectivity index (χ4n) is 6.62. The molecule has 10 nitrogen and oxygen atoms in total. The van der Waals surface area contributed by atoms with Crippen molar-refractivity contribution in [1.29, 1.82) is 0 Å². The number of aliphatic hydroxyl groups excluding tert-OH is 2. The van der Waals surface area contributed by atoms with Crippen molar-refractivity contribution in [3.63, 3.8) is 0 Å². The number of primary amides is 1. The van der Waals surface area contributed by atoms with Gasteiger partial charge in [-0.25, -0.2) is 0 Å². The number of carbonyl (C=O) groups is 3. The van der Waals surface area contributed by atoms with Gasteiger partial charge in [-0.3, -0.25) is 14.4 Å². The van der Waals surface area contributed by atoms with Crippen LogP contribution in [0.1, 0.15) is 48.9 Å². The van der Waals surface area contributed by atoms with Gasteiger partial charge >= 0.3 is 0 Å². The van der Waals surface area contributed by atoms with Crippen LogP contribution in [-0.2, 0) is 32.8 Å². The van der Waals surface area contributed by atoms with E-state index in [1.807, 2.05) is 18.2 Å². The van der Waals surface area contributed by atoms with Crippen molar-refractivity contribution < 1.29 is 39.5 Å². The van der Waals surface area contributed by atoms with Crippen LogP contribution in [0.15, 0.2) is 53.3 Å². The molecule has 1 saturated carbocycles. The second-order valence-electron chi connectivity index (χ2n) is 11.7. The van der Waals surface area contributed by atoms with E-state index in [4.69, 9.17) is 10.5 Å². The highest BCUT2D eigenvalue weighted by atomic mass is 16.5. The smallest absolute Gasteiger partial charge is 0.255 e. The Morgan fingerprint density at radius 3 is 2.46 bits per heavy atom. The summed E-state index contributed by atoms with van der Waals surface area (Å²) in [7, 11) is 1.49. The number of hydrogen-bond donors (Lipinski definition) is 6. The molecular formula is C31H34N2O8. The maximum absolute atomic E-state index is 13.7. The molecule has 0 bridgehead atoms. The number of nitrogens with two attached hydrogens (primary N) is 1. The summed E-state index contributed by atoms with van der Waals surface area (Å²) < 4.78 is 5.75. The Hall–Kier alpha value is -4.15. The quantitative estimate of drug-likeness (QED) is 0.277. The first-order chi connectivity index (χ1) is 19.3. The van der Waals surface area contributed by atoms with Gasteiger partial charge in [-0.2, -0.15) is 0 Å². The molecule has 41 heavy (non-hydrogen) atoms. The minimum atomic E-state index is -2.59. The lowest BCUT2D eigenvalue weighted by molar-refractivity contribution is -0.147. The van der Waals surface area contributed by atoms with Gasteiger partial charge in [0.1, 0.15) is 28.6 Å². The number of nitrogens with one attached hydrogen (secondary N) is 1. The highest BCUT2D eigenvalue weighted by Gasteiger charge is 2.60. The summed E-state index contributed by atoms with van der Waals surface area (Å²) in [6, 6.07) is 11.5. The summed E-state index contributed by atoms with van der Waals surface area (Å²) in [4.78, 5) is 38.0. The van der Waals surface area contributed by atoms with Crippen LogP contribution in [0.4, 0.5) is 0 Å². The predicted molar refractivity (Wildman–Crippen MR) is 149 cm³/mol. The van der Waals surface area contributed by atoms with Crippen LogP contribution in [-0.4, -0.2) is 57.2 Å².